The van der Waals surface area contributed by atoms with Gasteiger partial charge in [-0.1, -0.05) is 24.3 Å². The number of hydrogen-bond donors (Lipinski definition) is 1. The molecule has 0 bridgehead atoms. The van der Waals surface area contributed by atoms with Crippen LogP contribution in [0.25, 0.3) is 0 Å². The van der Waals surface area contributed by atoms with Crippen molar-refractivity contribution in [3.63, 3.8) is 0 Å². The number of carbonyl (C=O) groups is 1. The van der Waals surface area contributed by atoms with E-state index in [4.69, 9.17) is 0 Å². The number of halogens is 1. The van der Waals surface area contributed by atoms with Gasteiger partial charge in [-0.3, -0.25) is 9.69 Å². The minimum atomic E-state index is -3.74. The Hall–Kier alpha value is -2.29. The van der Waals surface area contributed by atoms with E-state index in [9.17, 15) is 17.6 Å². The van der Waals surface area contributed by atoms with Crippen LogP contribution in [0, 0.1) is 5.82 Å². The molecule has 1 saturated heterocycles. The summed E-state index contributed by atoms with van der Waals surface area (Å²) in [6.45, 7) is 3.16. The Morgan fingerprint density at radius 2 is 1.70 bits per heavy atom. The van der Waals surface area contributed by atoms with Crippen LogP contribution >= 0.6 is 0 Å². The Labute approximate surface area is 158 Å². The molecule has 1 N–H and O–H groups in total. The average molecular weight is 391 g/mol. The van der Waals surface area contributed by atoms with Gasteiger partial charge in [-0.25, -0.2) is 12.8 Å². The normalized spacial score (nSPS) is 17.4. The van der Waals surface area contributed by atoms with E-state index in [0.29, 0.717) is 13.1 Å². The first-order chi connectivity index (χ1) is 12.9. The van der Waals surface area contributed by atoms with E-state index in [1.807, 2.05) is 35.2 Å². The number of nitrogens with one attached hydrogen (secondary N) is 1. The number of benzene rings is 2. The van der Waals surface area contributed by atoms with Gasteiger partial charge in [-0.15, -0.1) is 0 Å². The second-order valence-corrected chi connectivity index (χ2v) is 8.37. The monoisotopic (exact) mass is 391 g/mol. The summed E-state index contributed by atoms with van der Waals surface area (Å²) in [6.07, 6.45) is 0. The zero-order valence-corrected chi connectivity index (χ0v) is 15.8. The van der Waals surface area contributed by atoms with Crippen molar-refractivity contribution in [2.45, 2.75) is 17.9 Å². The lowest BCUT2D eigenvalue weighted by Crippen LogP contribution is -2.53. The van der Waals surface area contributed by atoms with Crippen molar-refractivity contribution in [2.75, 3.05) is 31.5 Å². The number of hydrogen-bond acceptors (Lipinski definition) is 4. The summed E-state index contributed by atoms with van der Waals surface area (Å²) in [5.41, 5.74) is 0.724. The first-order valence-electron chi connectivity index (χ1n) is 8.73. The largest absolute Gasteiger partial charge is 0.325 e. The molecule has 0 unspecified atom stereocenters. The fourth-order valence-electron chi connectivity index (χ4n) is 3.04. The van der Waals surface area contributed by atoms with Gasteiger partial charge in [-0.2, -0.15) is 4.31 Å². The van der Waals surface area contributed by atoms with Crippen LogP contribution in [0.5, 0.6) is 0 Å². The molecule has 0 radical (unpaired) electrons. The van der Waals surface area contributed by atoms with E-state index in [0.717, 1.165) is 11.8 Å². The van der Waals surface area contributed by atoms with Gasteiger partial charge in [0, 0.05) is 31.9 Å². The minimum Gasteiger partial charge on any atom is -0.325 e. The maximum Gasteiger partial charge on any atom is 0.243 e. The molecule has 0 saturated carbocycles. The second-order valence-electron chi connectivity index (χ2n) is 6.43. The van der Waals surface area contributed by atoms with E-state index >= 15 is 0 Å². The third-order valence-corrected chi connectivity index (χ3v) is 6.57. The first kappa shape index (κ1) is 19.5. The highest BCUT2D eigenvalue weighted by Crippen LogP contribution is 2.19. The van der Waals surface area contributed by atoms with Crippen molar-refractivity contribution >= 4 is 21.6 Å². The predicted octanol–water partition coefficient (Wildman–Crippen LogP) is 2.16. The Bertz CT molecular complexity index is 897. The number of anilines is 1. The van der Waals surface area contributed by atoms with Gasteiger partial charge in [-0.05, 0) is 37.3 Å². The van der Waals surface area contributed by atoms with Gasteiger partial charge >= 0.3 is 0 Å². The molecule has 144 valence electrons. The zero-order valence-electron chi connectivity index (χ0n) is 15.0. The highest BCUT2D eigenvalue weighted by Gasteiger charge is 2.31. The number of nitrogens with zero attached hydrogens (tertiary/aromatic N) is 2. The molecule has 0 aliphatic carbocycles. The highest BCUT2D eigenvalue weighted by atomic mass is 32.2. The van der Waals surface area contributed by atoms with Crippen molar-refractivity contribution in [3.05, 3.63) is 60.4 Å². The number of piperazine rings is 1. The van der Waals surface area contributed by atoms with Crippen molar-refractivity contribution in [2.24, 2.45) is 0 Å². The van der Waals surface area contributed by atoms with Crippen molar-refractivity contribution in [3.8, 4) is 0 Å². The molecule has 3 rings (SSSR count). The van der Waals surface area contributed by atoms with E-state index in [1.165, 1.54) is 22.5 Å². The van der Waals surface area contributed by atoms with E-state index in [-0.39, 0.29) is 29.9 Å². The van der Waals surface area contributed by atoms with Crippen LogP contribution in [0.15, 0.2) is 59.5 Å². The molecule has 1 atom stereocenters. The van der Waals surface area contributed by atoms with Crippen molar-refractivity contribution in [1.29, 1.82) is 0 Å². The lowest BCUT2D eigenvalue weighted by molar-refractivity contribution is -0.121. The van der Waals surface area contributed by atoms with E-state index in [2.05, 4.69) is 5.32 Å². The third-order valence-electron chi connectivity index (χ3n) is 4.68. The fraction of sp³-hybridized carbons (Fsp3) is 0.316. The van der Waals surface area contributed by atoms with Gasteiger partial charge in [0.15, 0.2) is 0 Å². The predicted molar refractivity (Wildman–Crippen MR) is 101 cm³/mol. The number of carbonyl (C=O) groups excluding carboxylic acids is 1. The number of amides is 1. The smallest absolute Gasteiger partial charge is 0.243 e. The van der Waals surface area contributed by atoms with Crippen LogP contribution in [-0.2, 0) is 14.8 Å². The molecule has 1 heterocycles. The van der Waals surface area contributed by atoms with Gasteiger partial charge in [0.05, 0.1) is 10.9 Å². The molecule has 8 heteroatoms. The molecular formula is C19H22FN3O3S. The van der Waals surface area contributed by atoms with Crippen LogP contribution in [-0.4, -0.2) is 55.8 Å². The maximum atomic E-state index is 13.4. The van der Waals surface area contributed by atoms with Crippen LogP contribution in [0.4, 0.5) is 10.1 Å². The van der Waals surface area contributed by atoms with Gasteiger partial charge < -0.3 is 5.32 Å². The Morgan fingerprint density at radius 1 is 1.04 bits per heavy atom. The van der Waals surface area contributed by atoms with Crippen LogP contribution < -0.4 is 5.32 Å². The molecule has 2 aromatic rings. The van der Waals surface area contributed by atoms with Crippen molar-refractivity contribution in [1.82, 2.24) is 9.21 Å². The third kappa shape index (κ3) is 4.52. The topological polar surface area (TPSA) is 69.7 Å². The lowest BCUT2D eigenvalue weighted by Gasteiger charge is -2.36. The Balaban J connectivity index is 1.60. The minimum absolute atomic E-state index is 0.0502. The molecule has 0 aromatic heterocycles. The number of sulfonamides is 1. The summed E-state index contributed by atoms with van der Waals surface area (Å²) in [4.78, 5) is 14.3. The van der Waals surface area contributed by atoms with Gasteiger partial charge in [0.1, 0.15) is 5.82 Å². The summed E-state index contributed by atoms with van der Waals surface area (Å²) in [6, 6.07) is 13.8. The molecule has 0 spiro atoms. The summed E-state index contributed by atoms with van der Waals surface area (Å²) >= 11 is 0. The van der Waals surface area contributed by atoms with Crippen molar-refractivity contribution < 1.29 is 17.6 Å². The molecule has 1 aliphatic rings. The van der Waals surface area contributed by atoms with Crippen LogP contribution in [0.1, 0.15) is 6.92 Å². The molecule has 2 aromatic carbocycles. The quantitative estimate of drug-likeness (QED) is 0.848. The van der Waals surface area contributed by atoms with Gasteiger partial charge in [0.2, 0.25) is 15.9 Å². The SMILES string of the molecule is C[C@H](C(=O)Nc1ccccc1)N1CCN(S(=O)(=O)c2cccc(F)c2)CC1. The summed E-state index contributed by atoms with van der Waals surface area (Å²) in [7, 11) is -3.74. The number of para-hydroxylation sites is 1. The van der Waals surface area contributed by atoms with Gasteiger partial charge in [0.25, 0.3) is 0 Å². The molecule has 6 nitrogen and oxygen atoms in total. The molecular weight excluding hydrogens is 369 g/mol. The summed E-state index contributed by atoms with van der Waals surface area (Å²) in [5.74, 6) is -0.719. The molecule has 1 aliphatic heterocycles. The van der Waals surface area contributed by atoms with E-state index in [1.54, 1.807) is 6.92 Å². The highest BCUT2D eigenvalue weighted by molar-refractivity contribution is 7.89. The van der Waals surface area contributed by atoms with Crippen LogP contribution in [0.2, 0.25) is 0 Å². The fourth-order valence-corrected chi connectivity index (χ4v) is 4.50. The summed E-state index contributed by atoms with van der Waals surface area (Å²) < 4.78 is 40.0. The number of rotatable bonds is 5. The second kappa shape index (κ2) is 8.16. The van der Waals surface area contributed by atoms with Crippen LogP contribution in [0.3, 0.4) is 0 Å². The molecule has 1 fully saturated rings. The molecule has 27 heavy (non-hydrogen) atoms. The zero-order chi connectivity index (χ0) is 19.4. The molecule has 1 amide bonds. The average Bonchev–Trinajstić information content (AvgIpc) is 2.68. The summed E-state index contributed by atoms with van der Waals surface area (Å²) in [5, 5.41) is 2.86. The van der Waals surface area contributed by atoms with E-state index < -0.39 is 15.8 Å². The Morgan fingerprint density at radius 3 is 2.33 bits per heavy atom. The standard InChI is InChI=1S/C19H22FN3O3S/c1-15(19(24)21-17-7-3-2-4-8-17)22-10-12-23(13-11-22)27(25,26)18-9-5-6-16(20)14-18/h2-9,14-15H,10-13H2,1H3,(H,21,24)/t15-/m1/s1. The Kier molecular flexibility index (Phi) is 5.88. The first-order valence-corrected chi connectivity index (χ1v) is 10.2. The maximum absolute atomic E-state index is 13.4. The lowest BCUT2D eigenvalue weighted by atomic mass is 10.2.